The van der Waals surface area contributed by atoms with Crippen molar-refractivity contribution in [3.05, 3.63) is 78.6 Å². The van der Waals surface area contributed by atoms with Gasteiger partial charge in [0.05, 0.1) is 5.69 Å². The van der Waals surface area contributed by atoms with E-state index in [9.17, 15) is 9.18 Å². The molecule has 1 aliphatic rings. The molecule has 0 atom stereocenters. The Morgan fingerprint density at radius 3 is 2.71 bits per heavy atom. The fraction of sp³-hybridized carbons (Fsp3) is 0.222. The predicted molar refractivity (Wildman–Crippen MR) is 134 cm³/mol. The Kier molecular flexibility index (Phi) is 5.21. The topological polar surface area (TPSA) is 101 Å². The summed E-state index contributed by atoms with van der Waals surface area (Å²) in [6.07, 6.45) is 6.74. The monoisotopic (exact) mass is 468 g/mol. The number of nitrogens with two attached hydrogens (primary N) is 1. The zero-order chi connectivity index (χ0) is 23.9. The van der Waals surface area contributed by atoms with Gasteiger partial charge in [-0.25, -0.2) is 14.4 Å². The van der Waals surface area contributed by atoms with Crippen LogP contribution in [0.5, 0.6) is 0 Å². The van der Waals surface area contributed by atoms with Crippen LogP contribution in [0.15, 0.2) is 67.0 Å². The summed E-state index contributed by atoms with van der Waals surface area (Å²) in [4.78, 5) is 25.6. The van der Waals surface area contributed by atoms with Crippen LogP contribution in [-0.4, -0.2) is 25.3 Å². The van der Waals surface area contributed by atoms with Gasteiger partial charge in [-0.2, -0.15) is 0 Å². The number of para-hydroxylation sites is 1. The number of hydrogen-bond donors (Lipinski definition) is 3. The van der Waals surface area contributed by atoms with E-state index in [-0.39, 0.29) is 23.6 Å². The highest BCUT2D eigenvalue weighted by Gasteiger charge is 2.30. The summed E-state index contributed by atoms with van der Waals surface area (Å²) >= 11 is 0. The number of H-pyrrole nitrogens is 1. The van der Waals surface area contributed by atoms with E-state index in [0.29, 0.717) is 11.5 Å². The highest BCUT2D eigenvalue weighted by atomic mass is 19.1. The quantitative estimate of drug-likeness (QED) is 0.324. The zero-order valence-electron chi connectivity index (χ0n) is 19.0. The van der Waals surface area contributed by atoms with Gasteiger partial charge in [-0.05, 0) is 56.0 Å². The van der Waals surface area contributed by atoms with E-state index >= 15 is 0 Å². The molecule has 1 saturated carbocycles. The summed E-state index contributed by atoms with van der Waals surface area (Å²) in [6.45, 7) is 0. The molecule has 1 amide bonds. The van der Waals surface area contributed by atoms with Gasteiger partial charge in [0.1, 0.15) is 28.7 Å². The fourth-order valence-electron chi connectivity index (χ4n) is 5.19. The number of nitrogens with zero attached hydrogens (tertiary/aromatic N) is 3. The number of carbonyl (C=O) groups is 1. The maximum absolute atomic E-state index is 13.5. The Morgan fingerprint density at radius 2 is 1.91 bits per heavy atom. The number of nitrogens with one attached hydrogen (secondary N) is 2. The highest BCUT2D eigenvalue weighted by molar-refractivity contribution is 5.93. The van der Waals surface area contributed by atoms with Crippen LogP contribution in [0.4, 0.5) is 15.9 Å². The smallest absolute Gasteiger partial charge is 0.227 e. The number of aromatic amines is 1. The lowest BCUT2D eigenvalue weighted by Gasteiger charge is -2.27. The maximum Gasteiger partial charge on any atom is 0.227 e. The van der Waals surface area contributed by atoms with Gasteiger partial charge < -0.3 is 16.0 Å². The second kappa shape index (κ2) is 8.54. The van der Waals surface area contributed by atoms with Crippen LogP contribution in [0.1, 0.15) is 37.4 Å². The normalized spacial score (nSPS) is 18.2. The Labute approximate surface area is 201 Å². The molecule has 0 saturated heterocycles. The molecule has 4 N–H and O–H groups in total. The first-order valence-corrected chi connectivity index (χ1v) is 11.8. The lowest BCUT2D eigenvalue weighted by Crippen LogP contribution is -2.27. The Balaban J connectivity index is 1.26. The van der Waals surface area contributed by atoms with Crippen molar-refractivity contribution in [2.75, 3.05) is 11.1 Å². The van der Waals surface area contributed by atoms with Crippen molar-refractivity contribution in [1.82, 2.24) is 19.4 Å². The van der Waals surface area contributed by atoms with Gasteiger partial charge in [-0.1, -0.05) is 24.3 Å². The molecule has 7 nitrogen and oxygen atoms in total. The molecule has 3 aromatic heterocycles. The Bertz CT molecular complexity index is 1510. The molecule has 8 heteroatoms. The summed E-state index contributed by atoms with van der Waals surface area (Å²) < 4.78 is 15.5. The van der Waals surface area contributed by atoms with E-state index in [2.05, 4.69) is 27.4 Å². The molecule has 0 bridgehead atoms. The van der Waals surface area contributed by atoms with E-state index in [0.717, 1.165) is 59.3 Å². The average Bonchev–Trinajstić information content (AvgIpc) is 3.47. The Morgan fingerprint density at radius 1 is 1.09 bits per heavy atom. The van der Waals surface area contributed by atoms with Crippen molar-refractivity contribution in [1.29, 1.82) is 0 Å². The molecule has 2 aromatic carbocycles. The number of rotatable bonds is 4. The van der Waals surface area contributed by atoms with E-state index in [4.69, 9.17) is 10.7 Å². The third-order valence-corrected chi connectivity index (χ3v) is 6.95. The number of imidazole rings is 1. The summed E-state index contributed by atoms with van der Waals surface area (Å²) in [5, 5.41) is 3.96. The number of carbonyl (C=O) groups excluding carboxylic acids is 1. The van der Waals surface area contributed by atoms with E-state index in [1.54, 1.807) is 18.3 Å². The molecule has 6 rings (SSSR count). The molecule has 0 unspecified atom stereocenters. The van der Waals surface area contributed by atoms with E-state index in [1.807, 2.05) is 28.8 Å². The van der Waals surface area contributed by atoms with Crippen molar-refractivity contribution < 1.29 is 9.18 Å². The Hall–Kier alpha value is -4.20. The third kappa shape index (κ3) is 3.90. The number of amides is 1. The maximum atomic E-state index is 13.5. The summed E-state index contributed by atoms with van der Waals surface area (Å²) in [5.74, 6) is 1.03. The van der Waals surface area contributed by atoms with Crippen molar-refractivity contribution in [3.63, 3.8) is 0 Å². The lowest BCUT2D eigenvalue weighted by atomic mass is 9.81. The van der Waals surface area contributed by atoms with Crippen LogP contribution in [0.2, 0.25) is 0 Å². The van der Waals surface area contributed by atoms with Crippen LogP contribution >= 0.6 is 0 Å². The number of anilines is 2. The van der Waals surface area contributed by atoms with Gasteiger partial charge in [0.15, 0.2) is 0 Å². The van der Waals surface area contributed by atoms with Gasteiger partial charge in [-0.3, -0.25) is 9.20 Å². The van der Waals surface area contributed by atoms with Gasteiger partial charge >= 0.3 is 0 Å². The largest absolute Gasteiger partial charge is 0.382 e. The van der Waals surface area contributed by atoms with E-state index < -0.39 is 0 Å². The zero-order valence-corrected chi connectivity index (χ0v) is 19.0. The third-order valence-electron chi connectivity index (χ3n) is 6.95. The minimum Gasteiger partial charge on any atom is -0.382 e. The minimum absolute atomic E-state index is 0.0609. The molecule has 1 aliphatic carbocycles. The summed E-state index contributed by atoms with van der Waals surface area (Å²) in [5.41, 5.74) is 10.3. The van der Waals surface area contributed by atoms with Crippen molar-refractivity contribution in [2.45, 2.75) is 31.6 Å². The molecule has 0 radical (unpaired) electrons. The van der Waals surface area contributed by atoms with Crippen molar-refractivity contribution >= 4 is 33.8 Å². The molecule has 0 spiro atoms. The molecule has 1 fully saturated rings. The molecule has 5 aromatic rings. The van der Waals surface area contributed by atoms with Crippen LogP contribution in [0.3, 0.4) is 0 Å². The fourth-order valence-corrected chi connectivity index (χ4v) is 5.19. The van der Waals surface area contributed by atoms with Crippen LogP contribution in [0.25, 0.3) is 27.8 Å². The molecule has 176 valence electrons. The van der Waals surface area contributed by atoms with Gasteiger partial charge in [-0.15, -0.1) is 0 Å². The molecular weight excluding hydrogens is 443 g/mol. The first-order chi connectivity index (χ1) is 17.1. The molecule has 0 aliphatic heterocycles. The molecule has 3 heterocycles. The van der Waals surface area contributed by atoms with Gasteiger partial charge in [0, 0.05) is 40.8 Å². The second-order valence-electron chi connectivity index (χ2n) is 9.17. The van der Waals surface area contributed by atoms with E-state index in [1.165, 1.54) is 12.1 Å². The molecular formula is C27H25FN6O. The number of halogens is 1. The predicted octanol–water partition coefficient (Wildman–Crippen LogP) is 5.51. The van der Waals surface area contributed by atoms with Crippen LogP contribution in [0, 0.1) is 11.7 Å². The number of nitrogen functional groups attached to an aromatic ring is 1. The van der Waals surface area contributed by atoms with Gasteiger partial charge in [0.2, 0.25) is 5.91 Å². The standard InChI is InChI=1S/C27H25FN6O/c28-19-5-3-6-20(15-19)31-27(35)17-10-8-16(9-11-17)26-33-23(24-25(29)30-12-13-34(24)26)22-14-18-4-1-2-7-21(18)32-22/h1-7,12-17,32H,8-11H2,(H2,29,30)(H,31,35). The number of fused-ring (bicyclic) bond motifs is 2. The summed E-state index contributed by atoms with van der Waals surface area (Å²) in [6, 6.07) is 16.2. The SMILES string of the molecule is Nc1nccn2c(C3CCC(C(=O)Nc4cccc(F)c4)CC3)nc(-c3cc4ccccc4[nH]3)c12. The summed E-state index contributed by atoms with van der Waals surface area (Å²) in [7, 11) is 0. The molecule has 35 heavy (non-hydrogen) atoms. The highest BCUT2D eigenvalue weighted by Crippen LogP contribution is 2.39. The van der Waals surface area contributed by atoms with Crippen molar-refractivity contribution in [2.24, 2.45) is 5.92 Å². The van der Waals surface area contributed by atoms with Crippen LogP contribution in [-0.2, 0) is 4.79 Å². The van der Waals surface area contributed by atoms with Crippen molar-refractivity contribution in [3.8, 4) is 11.4 Å². The van der Waals surface area contributed by atoms with Gasteiger partial charge in [0.25, 0.3) is 0 Å². The number of hydrogen-bond acceptors (Lipinski definition) is 4. The minimum atomic E-state index is -0.364. The first kappa shape index (κ1) is 21.3. The van der Waals surface area contributed by atoms with Crippen LogP contribution < -0.4 is 11.1 Å². The first-order valence-electron chi connectivity index (χ1n) is 11.8. The average molecular weight is 469 g/mol. The number of benzene rings is 2. The lowest BCUT2D eigenvalue weighted by molar-refractivity contribution is -0.120. The second-order valence-corrected chi connectivity index (χ2v) is 9.17. The number of aromatic nitrogens is 4.